The number of ether oxygens (including phenoxy) is 1. The van der Waals surface area contributed by atoms with Crippen LogP contribution in [0.2, 0.25) is 5.02 Å². The predicted octanol–water partition coefficient (Wildman–Crippen LogP) is 4.76. The van der Waals surface area contributed by atoms with Gasteiger partial charge in [-0.3, -0.25) is 9.69 Å². The van der Waals surface area contributed by atoms with Crippen molar-refractivity contribution in [1.29, 1.82) is 0 Å². The van der Waals surface area contributed by atoms with Gasteiger partial charge in [-0.25, -0.2) is 4.39 Å². The van der Waals surface area contributed by atoms with Gasteiger partial charge in [-0.1, -0.05) is 29.8 Å². The summed E-state index contributed by atoms with van der Waals surface area (Å²) in [5.41, 5.74) is 1.58. The second-order valence-corrected chi connectivity index (χ2v) is 8.24. The lowest BCUT2D eigenvalue weighted by Crippen LogP contribution is -2.38. The van der Waals surface area contributed by atoms with Crippen molar-refractivity contribution in [1.82, 2.24) is 9.80 Å². The highest BCUT2D eigenvalue weighted by molar-refractivity contribution is 6.30. The molecule has 2 aromatic rings. The molecule has 1 amide bonds. The van der Waals surface area contributed by atoms with Gasteiger partial charge in [0.25, 0.3) is 5.91 Å². The van der Waals surface area contributed by atoms with Gasteiger partial charge in [-0.2, -0.15) is 0 Å². The van der Waals surface area contributed by atoms with Gasteiger partial charge in [0, 0.05) is 32.7 Å². The molecule has 0 aliphatic carbocycles. The first-order chi connectivity index (χ1) is 14.1. The van der Waals surface area contributed by atoms with E-state index in [1.165, 1.54) is 6.07 Å². The Bertz CT molecular complexity index is 862. The second kappa shape index (κ2) is 9.14. The highest BCUT2D eigenvalue weighted by atomic mass is 35.5. The maximum absolute atomic E-state index is 13.7. The number of rotatable bonds is 5. The monoisotopic (exact) mass is 416 g/mol. The number of amides is 1. The van der Waals surface area contributed by atoms with Gasteiger partial charge in [0.2, 0.25) is 0 Å². The molecular weight excluding hydrogens is 391 g/mol. The van der Waals surface area contributed by atoms with E-state index in [9.17, 15) is 9.18 Å². The molecule has 6 heteroatoms. The van der Waals surface area contributed by atoms with Gasteiger partial charge in [0.05, 0.1) is 10.6 Å². The van der Waals surface area contributed by atoms with Crippen LogP contribution in [0.25, 0.3) is 0 Å². The SMILES string of the molecule is O=C(c1ccccc1OC1CCN(Cc2ccc(Cl)c(F)c2)CC1)N1CCCC1. The average Bonchev–Trinajstić information content (AvgIpc) is 3.27. The van der Waals surface area contributed by atoms with Crippen LogP contribution in [0.4, 0.5) is 4.39 Å². The van der Waals surface area contributed by atoms with Crippen LogP contribution in [-0.2, 0) is 6.54 Å². The molecule has 2 fully saturated rings. The summed E-state index contributed by atoms with van der Waals surface area (Å²) in [6.45, 7) is 4.10. The molecular formula is C23H26ClFN2O2. The van der Waals surface area contributed by atoms with Crippen LogP contribution < -0.4 is 4.74 Å². The first-order valence-electron chi connectivity index (χ1n) is 10.3. The van der Waals surface area contributed by atoms with Crippen molar-refractivity contribution >= 4 is 17.5 Å². The van der Waals surface area contributed by atoms with Crippen molar-refractivity contribution in [3.63, 3.8) is 0 Å². The zero-order valence-corrected chi connectivity index (χ0v) is 17.2. The van der Waals surface area contributed by atoms with Crippen molar-refractivity contribution in [2.24, 2.45) is 0 Å². The second-order valence-electron chi connectivity index (χ2n) is 7.84. The minimum absolute atomic E-state index is 0.0697. The number of halogens is 2. The molecule has 2 aliphatic rings. The van der Waals surface area contributed by atoms with Gasteiger partial charge in [-0.05, 0) is 55.5 Å². The Morgan fingerprint density at radius 3 is 2.52 bits per heavy atom. The summed E-state index contributed by atoms with van der Waals surface area (Å²) in [6, 6.07) is 12.5. The zero-order valence-electron chi connectivity index (χ0n) is 16.4. The van der Waals surface area contributed by atoms with Crippen LogP contribution in [0.15, 0.2) is 42.5 Å². The first kappa shape index (κ1) is 20.2. The Kier molecular flexibility index (Phi) is 6.36. The van der Waals surface area contributed by atoms with Gasteiger partial charge >= 0.3 is 0 Å². The van der Waals surface area contributed by atoms with Gasteiger partial charge in [-0.15, -0.1) is 0 Å². The Balaban J connectivity index is 1.34. The highest BCUT2D eigenvalue weighted by Crippen LogP contribution is 2.26. The molecule has 2 aliphatic heterocycles. The third-order valence-corrected chi connectivity index (χ3v) is 6.04. The van der Waals surface area contributed by atoms with Crippen LogP contribution in [0.1, 0.15) is 41.6 Å². The lowest BCUT2D eigenvalue weighted by atomic mass is 10.1. The summed E-state index contributed by atoms with van der Waals surface area (Å²) in [4.78, 5) is 17.0. The average molecular weight is 417 g/mol. The number of piperidine rings is 1. The maximum Gasteiger partial charge on any atom is 0.257 e. The Morgan fingerprint density at radius 2 is 1.79 bits per heavy atom. The van der Waals surface area contributed by atoms with E-state index < -0.39 is 0 Å². The van der Waals surface area contributed by atoms with Crippen LogP contribution in [0.5, 0.6) is 5.75 Å². The molecule has 2 heterocycles. The number of nitrogens with zero attached hydrogens (tertiary/aromatic N) is 2. The topological polar surface area (TPSA) is 32.8 Å². The minimum atomic E-state index is -0.373. The molecule has 29 heavy (non-hydrogen) atoms. The molecule has 4 rings (SSSR count). The summed E-state index contributed by atoms with van der Waals surface area (Å²) in [7, 11) is 0. The predicted molar refractivity (Wildman–Crippen MR) is 112 cm³/mol. The molecule has 2 saturated heterocycles. The lowest BCUT2D eigenvalue weighted by Gasteiger charge is -2.32. The third kappa shape index (κ3) is 4.90. The van der Waals surface area contributed by atoms with Gasteiger partial charge < -0.3 is 9.64 Å². The van der Waals surface area contributed by atoms with Gasteiger partial charge in [0.1, 0.15) is 17.7 Å². The fourth-order valence-corrected chi connectivity index (χ4v) is 4.22. The summed E-state index contributed by atoms with van der Waals surface area (Å²) >= 11 is 5.76. The number of carbonyl (C=O) groups is 1. The fourth-order valence-electron chi connectivity index (χ4n) is 4.10. The van der Waals surface area contributed by atoms with Crippen molar-refractivity contribution < 1.29 is 13.9 Å². The van der Waals surface area contributed by atoms with E-state index in [-0.39, 0.29) is 22.9 Å². The van der Waals surface area contributed by atoms with E-state index in [0.29, 0.717) is 17.9 Å². The van der Waals surface area contributed by atoms with E-state index in [2.05, 4.69) is 4.90 Å². The number of hydrogen-bond donors (Lipinski definition) is 0. The van der Waals surface area contributed by atoms with Crippen molar-refractivity contribution in [3.8, 4) is 5.75 Å². The Hall–Kier alpha value is -2.11. The summed E-state index contributed by atoms with van der Waals surface area (Å²) in [5.74, 6) is 0.379. The van der Waals surface area contributed by atoms with Crippen LogP contribution >= 0.6 is 11.6 Å². The number of carbonyl (C=O) groups excluding carboxylic acids is 1. The summed E-state index contributed by atoms with van der Waals surface area (Å²) < 4.78 is 19.9. The van der Waals surface area contributed by atoms with Crippen molar-refractivity contribution in [3.05, 3.63) is 64.4 Å². The quantitative estimate of drug-likeness (QED) is 0.704. The standard InChI is InChI=1S/C23H26ClFN2O2/c24-20-8-7-17(15-21(20)25)16-26-13-9-18(10-14-26)29-22-6-2-1-5-19(22)23(28)27-11-3-4-12-27/h1-2,5-8,15,18H,3-4,9-14,16H2. The molecule has 0 unspecified atom stereocenters. The normalized spacial score (nSPS) is 18.2. The maximum atomic E-state index is 13.7. The van der Waals surface area contributed by atoms with E-state index >= 15 is 0 Å². The van der Waals surface area contributed by atoms with Gasteiger partial charge in [0.15, 0.2) is 0 Å². The van der Waals surface area contributed by atoms with Crippen molar-refractivity contribution in [2.75, 3.05) is 26.2 Å². The van der Waals surface area contributed by atoms with E-state index in [4.69, 9.17) is 16.3 Å². The molecule has 0 saturated carbocycles. The molecule has 0 spiro atoms. The number of hydrogen-bond acceptors (Lipinski definition) is 3. The molecule has 0 bridgehead atoms. The third-order valence-electron chi connectivity index (χ3n) is 5.73. The molecule has 0 atom stereocenters. The van der Waals surface area contributed by atoms with E-state index in [0.717, 1.165) is 57.4 Å². The zero-order chi connectivity index (χ0) is 20.2. The number of para-hydroxylation sites is 1. The van der Waals surface area contributed by atoms with Crippen LogP contribution in [0.3, 0.4) is 0 Å². The molecule has 0 aromatic heterocycles. The smallest absolute Gasteiger partial charge is 0.257 e. The van der Waals surface area contributed by atoms with Crippen LogP contribution in [0, 0.1) is 5.82 Å². The molecule has 2 aromatic carbocycles. The van der Waals surface area contributed by atoms with E-state index in [1.807, 2.05) is 35.2 Å². The van der Waals surface area contributed by atoms with E-state index in [1.54, 1.807) is 6.07 Å². The summed E-state index contributed by atoms with van der Waals surface area (Å²) in [6.07, 6.45) is 3.99. The number of benzene rings is 2. The molecule has 0 radical (unpaired) electrons. The Labute approximate surface area is 176 Å². The fraction of sp³-hybridized carbons (Fsp3) is 0.435. The summed E-state index contributed by atoms with van der Waals surface area (Å²) in [5, 5.41) is 0.156. The highest BCUT2D eigenvalue weighted by Gasteiger charge is 2.25. The number of likely N-dealkylation sites (tertiary alicyclic amines) is 2. The Morgan fingerprint density at radius 1 is 1.07 bits per heavy atom. The lowest BCUT2D eigenvalue weighted by molar-refractivity contribution is 0.0765. The molecule has 4 nitrogen and oxygen atoms in total. The van der Waals surface area contributed by atoms with Crippen LogP contribution in [-0.4, -0.2) is 48.0 Å². The largest absolute Gasteiger partial charge is 0.489 e. The minimum Gasteiger partial charge on any atom is -0.489 e. The molecule has 154 valence electrons. The van der Waals surface area contributed by atoms with Crippen molar-refractivity contribution in [2.45, 2.75) is 38.3 Å². The first-order valence-corrected chi connectivity index (χ1v) is 10.7. The molecule has 0 N–H and O–H groups in total.